The number of rotatable bonds is 10. The normalized spacial score (nSPS) is 11.7. The molecule has 22 heteroatoms. The molecule has 0 saturated carbocycles. The van der Waals surface area contributed by atoms with E-state index in [0.29, 0.717) is 81.7 Å². The molecule has 674 valence electrons. The van der Waals surface area contributed by atoms with E-state index >= 15 is 17.6 Å². The maximum absolute atomic E-state index is 16.3. The SMILES string of the molecule is Fc1cc(-c2ccccc2)cc(F)c1-n1c(-c2ccc(-n3c4ccccc4c4ccccc43)c3c2sc2ccccc23)nc2ccccc21.Fc1cc(-c2ccccc2)cc(F)c1-n1c(-c2ccc(Cl)c3c2sc2ccccc23)nc2ccccc21.Fc1cc(-c2ccccc2)cc(F)c1-n1c(Br)nc2ccccc21.OB(O)c1ccc(Cl)c2c1sc1ccccc12.c1ccc2c(c1)Cc1ccccc1-2. The minimum absolute atomic E-state index is 0.143. The summed E-state index contributed by atoms with van der Waals surface area (Å²) in [6, 6.07) is 128. The summed E-state index contributed by atoms with van der Waals surface area (Å²) in [5.41, 5.74) is 18.2. The van der Waals surface area contributed by atoms with Gasteiger partial charge in [0.25, 0.3) is 0 Å². The number of nitrogens with zero attached hydrogens (tertiary/aromatic N) is 7. The van der Waals surface area contributed by atoms with Crippen LogP contribution in [0, 0.1) is 34.9 Å². The maximum atomic E-state index is 16.3. The molecule has 0 atom stereocenters. The summed E-state index contributed by atoms with van der Waals surface area (Å²) in [6.07, 6.45) is 1.10. The average molecular weight is 1990 g/mol. The second-order valence-electron chi connectivity index (χ2n) is 33.7. The Kier molecular flexibility index (Phi) is 23.6. The zero-order chi connectivity index (χ0) is 95.1. The van der Waals surface area contributed by atoms with Gasteiger partial charge in [-0.15, -0.1) is 34.0 Å². The van der Waals surface area contributed by atoms with Gasteiger partial charge < -0.3 is 14.6 Å². The molecular weight excluding hydrogens is 1920 g/mol. The largest absolute Gasteiger partial charge is 0.489 e. The summed E-state index contributed by atoms with van der Waals surface area (Å²) in [7, 11) is -1.47. The van der Waals surface area contributed by atoms with Crippen LogP contribution in [-0.4, -0.2) is 50.4 Å². The van der Waals surface area contributed by atoms with Crippen LogP contribution in [0.15, 0.2) is 411 Å². The van der Waals surface area contributed by atoms with Gasteiger partial charge in [0.15, 0.2) is 39.6 Å². The molecule has 0 amide bonds. The summed E-state index contributed by atoms with van der Waals surface area (Å²) >= 11 is 20.9. The number of aromatic nitrogens is 7. The Morgan fingerprint density at radius 3 is 1.02 bits per heavy atom. The molecule has 0 aliphatic heterocycles. The molecule has 2 N–H and O–H groups in total. The van der Waals surface area contributed by atoms with Crippen molar-refractivity contribution in [2.45, 2.75) is 6.42 Å². The molecule has 0 unspecified atom stereocenters. The van der Waals surface area contributed by atoms with E-state index in [1.807, 2.05) is 212 Å². The lowest BCUT2D eigenvalue weighted by Gasteiger charge is -2.15. The Labute approximate surface area is 827 Å². The van der Waals surface area contributed by atoms with Gasteiger partial charge in [-0.1, -0.05) is 296 Å². The molecule has 19 aromatic carbocycles. The molecule has 27 rings (SSSR count). The van der Waals surface area contributed by atoms with Crippen molar-refractivity contribution in [2.75, 3.05) is 0 Å². The van der Waals surface area contributed by atoms with Crippen LogP contribution in [0.25, 0.3) is 205 Å². The van der Waals surface area contributed by atoms with Gasteiger partial charge in [-0.05, 0) is 211 Å². The minimum Gasteiger partial charge on any atom is -0.423 e. The molecule has 1 aliphatic rings. The predicted molar refractivity (Wildman–Crippen MR) is 572 cm³/mol. The summed E-state index contributed by atoms with van der Waals surface area (Å²) in [5.74, 6) is -2.98. The lowest BCUT2D eigenvalue weighted by Crippen LogP contribution is -2.29. The fourth-order valence-electron chi connectivity index (χ4n) is 19.2. The summed E-state index contributed by atoms with van der Waals surface area (Å²) < 4.78 is 107. The molecule has 0 spiro atoms. The molecular formula is C118H71BBrCl2F6N7O2S3. The fourth-order valence-corrected chi connectivity index (χ4v) is 24.1. The minimum atomic E-state index is -1.47. The highest BCUT2D eigenvalue weighted by molar-refractivity contribution is 9.10. The van der Waals surface area contributed by atoms with Crippen molar-refractivity contribution in [1.29, 1.82) is 0 Å². The third kappa shape index (κ3) is 15.9. The third-order valence-electron chi connectivity index (χ3n) is 25.5. The first-order valence-corrected chi connectivity index (χ1v) is 48.9. The first-order chi connectivity index (χ1) is 68.5. The Hall–Kier alpha value is -15.3. The van der Waals surface area contributed by atoms with Crippen molar-refractivity contribution in [3.05, 3.63) is 467 Å². The molecule has 7 aromatic heterocycles. The lowest BCUT2D eigenvalue weighted by atomic mass is 9.80. The van der Waals surface area contributed by atoms with E-state index in [-0.39, 0.29) is 17.1 Å². The number of fused-ring (bicyclic) bond motifs is 18. The van der Waals surface area contributed by atoms with Crippen molar-refractivity contribution < 1.29 is 36.4 Å². The van der Waals surface area contributed by atoms with Crippen molar-refractivity contribution >= 4 is 201 Å². The van der Waals surface area contributed by atoms with Crippen LogP contribution < -0.4 is 5.46 Å². The first kappa shape index (κ1) is 88.6. The molecule has 140 heavy (non-hydrogen) atoms. The van der Waals surface area contributed by atoms with Crippen molar-refractivity contribution in [2.24, 2.45) is 0 Å². The second kappa shape index (κ2) is 37.2. The van der Waals surface area contributed by atoms with E-state index in [4.69, 9.17) is 33.2 Å². The van der Waals surface area contributed by atoms with Crippen molar-refractivity contribution in [3.8, 4) is 90.0 Å². The third-order valence-corrected chi connectivity index (χ3v) is 30.2. The quantitative estimate of drug-likeness (QED) is 0.105. The Bertz CT molecular complexity index is 9230. The van der Waals surface area contributed by atoms with E-state index in [1.165, 1.54) is 85.3 Å². The highest BCUT2D eigenvalue weighted by Gasteiger charge is 2.30. The molecule has 0 radical (unpaired) electrons. The van der Waals surface area contributed by atoms with Gasteiger partial charge in [0, 0.05) is 97.9 Å². The van der Waals surface area contributed by atoms with Gasteiger partial charge in [0.05, 0.1) is 49.8 Å². The molecule has 0 bridgehead atoms. The van der Waals surface area contributed by atoms with Gasteiger partial charge in [-0.2, -0.15) is 0 Å². The monoisotopic (exact) mass is 1990 g/mol. The van der Waals surface area contributed by atoms with E-state index in [9.17, 15) is 18.8 Å². The van der Waals surface area contributed by atoms with Crippen LogP contribution in [0.2, 0.25) is 10.0 Å². The van der Waals surface area contributed by atoms with Crippen LogP contribution in [0.1, 0.15) is 11.1 Å². The topological polar surface area (TPSA) is 98.9 Å². The zero-order valence-electron chi connectivity index (χ0n) is 73.6. The Morgan fingerprint density at radius 1 is 0.279 bits per heavy atom. The number of benzene rings is 19. The van der Waals surface area contributed by atoms with Gasteiger partial charge in [0.2, 0.25) is 0 Å². The van der Waals surface area contributed by atoms with Crippen LogP contribution in [0.4, 0.5) is 26.3 Å². The molecule has 0 fully saturated rings. The van der Waals surface area contributed by atoms with Gasteiger partial charge in [-0.3, -0.25) is 13.7 Å². The summed E-state index contributed by atoms with van der Waals surface area (Å²) in [5, 5.41) is 28.5. The lowest BCUT2D eigenvalue weighted by molar-refractivity contribution is 0.426. The smallest absolute Gasteiger partial charge is 0.423 e. The van der Waals surface area contributed by atoms with Crippen LogP contribution in [0.3, 0.4) is 0 Å². The van der Waals surface area contributed by atoms with Crippen molar-refractivity contribution in [1.82, 2.24) is 33.2 Å². The van der Waals surface area contributed by atoms with Crippen LogP contribution >= 0.6 is 73.1 Å². The van der Waals surface area contributed by atoms with Gasteiger partial charge >= 0.3 is 7.12 Å². The Balaban J connectivity index is 0.000000105. The highest BCUT2D eigenvalue weighted by atomic mass is 79.9. The van der Waals surface area contributed by atoms with E-state index in [0.717, 1.165) is 111 Å². The number of thiophene rings is 3. The molecule has 0 saturated heterocycles. The number of hydrogen-bond acceptors (Lipinski definition) is 8. The van der Waals surface area contributed by atoms with Crippen molar-refractivity contribution in [3.63, 3.8) is 0 Å². The van der Waals surface area contributed by atoms with Gasteiger partial charge in [0.1, 0.15) is 28.7 Å². The Morgan fingerprint density at radius 2 is 0.593 bits per heavy atom. The molecule has 9 nitrogen and oxygen atoms in total. The second-order valence-corrected chi connectivity index (χ2v) is 38.4. The highest BCUT2D eigenvalue weighted by Crippen LogP contribution is 2.50. The number of halogens is 9. The number of hydrogen-bond donors (Lipinski definition) is 2. The number of para-hydroxylation sites is 8. The average Bonchev–Trinajstić information content (AvgIpc) is 1.56. The first-order valence-electron chi connectivity index (χ1n) is 44.9. The van der Waals surface area contributed by atoms with Crippen LogP contribution in [0.5, 0.6) is 0 Å². The van der Waals surface area contributed by atoms with E-state index in [2.05, 4.69) is 153 Å². The van der Waals surface area contributed by atoms with Crippen LogP contribution in [-0.2, 0) is 6.42 Å². The van der Waals surface area contributed by atoms with E-state index < -0.39 is 42.0 Å². The maximum Gasteiger partial charge on any atom is 0.489 e. The summed E-state index contributed by atoms with van der Waals surface area (Å²) in [4.78, 5) is 14.2. The van der Waals surface area contributed by atoms with E-state index in [1.54, 1.807) is 62.1 Å². The predicted octanol–water partition coefficient (Wildman–Crippen LogP) is 33.1. The standard InChI is InChI=1S/C43H25F2N3S.C31H17ClF2N2S.C19H11BrF2N2.C13H10.C12H8BClO2S/c44-32-24-27(26-12-2-1-3-13-26)25-33(45)41(32)48-37-20-10-7-17-34(37)46-43(48)31-22-23-38(40-30-16-6-11-21-39(30)49-42(31)40)47-35-18-8-4-14-28(35)29-15-5-9-19-36(29)47;32-22-15-14-21(30-28(22)20-10-4-7-13-27(20)37-30)31-35-25-11-5-6-12-26(25)36(31)29-23(33)16-19(17-24(29)34)18-8-2-1-3-9-18;20-19-23-16-8-4-5-9-17(16)24(19)18-14(21)10-13(11-15(18)22)12-6-2-1-3-7-12;1-3-7-12-10(5-1)9-11-6-2-4-8-13(11)12;14-9-6-5-8(13(15)16)12-11(9)7-3-1-2-4-10(7)17-12/h1-25H;1-17H;1-11H;1-8H,9H2;1-6,15-16H. The molecule has 1 aliphatic carbocycles. The fraction of sp³-hybridized carbons (Fsp3) is 0.00847. The van der Waals surface area contributed by atoms with Gasteiger partial charge in [-0.25, -0.2) is 41.3 Å². The molecule has 26 aromatic rings. The summed E-state index contributed by atoms with van der Waals surface area (Å²) in [6.45, 7) is 0. The zero-order valence-corrected chi connectivity index (χ0v) is 79.2. The molecule has 7 heterocycles. The number of imidazole rings is 3.